The largest absolute Gasteiger partial charge is 0.367 e. The molecule has 0 radical (unpaired) electrons. The summed E-state index contributed by atoms with van der Waals surface area (Å²) < 4.78 is 15.9. The highest BCUT2D eigenvalue weighted by molar-refractivity contribution is 5.94. The molecule has 3 aliphatic rings. The molecule has 2 amide bonds. The first kappa shape index (κ1) is 26.7. The lowest BCUT2D eigenvalue weighted by Crippen LogP contribution is -2.58. The van der Waals surface area contributed by atoms with E-state index in [2.05, 4.69) is 30.6 Å². The Bertz CT molecular complexity index is 1230. The first-order valence-corrected chi connectivity index (χ1v) is 14.4. The Kier molecular flexibility index (Phi) is 7.27. The second-order valence-electron chi connectivity index (χ2n) is 11.6. The molecule has 1 spiro atoms. The second-order valence-corrected chi connectivity index (χ2v) is 11.6. The van der Waals surface area contributed by atoms with Crippen LogP contribution >= 0.6 is 0 Å². The molecule has 1 aromatic carbocycles. The molecule has 1 saturated heterocycles. The summed E-state index contributed by atoms with van der Waals surface area (Å²) in [6.45, 7) is 13.9. The highest BCUT2D eigenvalue weighted by atomic mass is 19.1. The van der Waals surface area contributed by atoms with Crippen LogP contribution in [-0.2, 0) is 17.8 Å². The van der Waals surface area contributed by atoms with Crippen LogP contribution in [0.5, 0.6) is 0 Å². The molecule has 1 atom stereocenters. The van der Waals surface area contributed by atoms with Gasteiger partial charge in [0.05, 0.1) is 5.54 Å². The van der Waals surface area contributed by atoms with Gasteiger partial charge in [-0.05, 0) is 81.5 Å². The number of carbonyl (C=O) groups is 2. The van der Waals surface area contributed by atoms with Crippen molar-refractivity contribution in [1.29, 1.82) is 0 Å². The quantitative estimate of drug-likeness (QED) is 0.497. The highest BCUT2D eigenvalue weighted by Gasteiger charge is 2.53. The fraction of sp³-hybridized carbons (Fsp3) is 0.633. The number of hydrogen-bond acceptors (Lipinski definition) is 4. The maximum atomic E-state index is 14.1. The molecule has 2 aromatic rings. The third-order valence-electron chi connectivity index (χ3n) is 8.98. The van der Waals surface area contributed by atoms with E-state index in [0.717, 1.165) is 87.2 Å². The highest BCUT2D eigenvalue weighted by Crippen LogP contribution is 2.46. The molecule has 0 unspecified atom stereocenters. The van der Waals surface area contributed by atoms with Gasteiger partial charge in [0.1, 0.15) is 12.4 Å². The lowest BCUT2D eigenvalue weighted by molar-refractivity contribution is -0.135. The maximum absolute atomic E-state index is 14.1. The third kappa shape index (κ3) is 4.60. The molecule has 206 valence electrons. The van der Waals surface area contributed by atoms with E-state index in [1.807, 2.05) is 29.5 Å². The van der Waals surface area contributed by atoms with Gasteiger partial charge in [-0.2, -0.15) is 5.10 Å². The number of amides is 2. The fourth-order valence-corrected chi connectivity index (χ4v) is 6.56. The summed E-state index contributed by atoms with van der Waals surface area (Å²) in [5, 5.41) is 4.79. The van der Waals surface area contributed by atoms with Crippen LogP contribution in [0, 0.1) is 19.7 Å². The normalized spacial score (nSPS) is 19.7. The first-order chi connectivity index (χ1) is 18.2. The monoisotopic (exact) mass is 523 g/mol. The Hall–Kier alpha value is -2.90. The number of carbonyl (C=O) groups excluding carboxylic acids is 2. The van der Waals surface area contributed by atoms with Crippen LogP contribution in [0.4, 0.5) is 10.1 Å². The lowest BCUT2D eigenvalue weighted by Gasteiger charge is -2.44. The van der Waals surface area contributed by atoms with Crippen LogP contribution in [0.1, 0.15) is 91.7 Å². The van der Waals surface area contributed by atoms with E-state index in [1.165, 1.54) is 0 Å². The molecule has 5 rings (SSSR count). The number of hydrogen-bond donors (Lipinski definition) is 0. The Balaban J connectivity index is 1.35. The van der Waals surface area contributed by atoms with Crippen LogP contribution in [0.2, 0.25) is 0 Å². The fourth-order valence-electron chi connectivity index (χ4n) is 6.56. The first-order valence-electron chi connectivity index (χ1n) is 14.4. The van der Waals surface area contributed by atoms with Gasteiger partial charge in [-0.15, -0.1) is 0 Å². The Labute approximate surface area is 226 Å². The van der Waals surface area contributed by atoms with Crippen molar-refractivity contribution in [1.82, 2.24) is 19.6 Å². The van der Waals surface area contributed by atoms with Crippen molar-refractivity contribution >= 4 is 17.5 Å². The smallest absolute Gasteiger partial charge is 0.274 e. The van der Waals surface area contributed by atoms with Crippen molar-refractivity contribution in [2.45, 2.75) is 91.1 Å². The van der Waals surface area contributed by atoms with Gasteiger partial charge in [-0.3, -0.25) is 14.3 Å². The van der Waals surface area contributed by atoms with Crippen LogP contribution in [0.3, 0.4) is 0 Å². The second kappa shape index (κ2) is 10.3. The van der Waals surface area contributed by atoms with E-state index < -0.39 is 0 Å². The predicted octanol–water partition coefficient (Wildman–Crippen LogP) is 4.83. The number of fused-ring (bicyclic) bond motifs is 1. The zero-order chi connectivity index (χ0) is 27.2. The minimum atomic E-state index is -0.173. The topological polar surface area (TPSA) is 61.7 Å². The summed E-state index contributed by atoms with van der Waals surface area (Å²) in [5.74, 6) is 0.186. The zero-order valence-electron chi connectivity index (χ0n) is 23.6. The van der Waals surface area contributed by atoms with Crippen LogP contribution in [-0.4, -0.2) is 69.7 Å². The van der Waals surface area contributed by atoms with Crippen molar-refractivity contribution in [2.75, 3.05) is 37.6 Å². The molecule has 1 aliphatic heterocycles. The van der Waals surface area contributed by atoms with Gasteiger partial charge >= 0.3 is 0 Å². The zero-order valence-corrected chi connectivity index (χ0v) is 23.6. The van der Waals surface area contributed by atoms with E-state index in [4.69, 9.17) is 5.10 Å². The van der Waals surface area contributed by atoms with E-state index in [1.54, 1.807) is 6.07 Å². The summed E-state index contributed by atoms with van der Waals surface area (Å²) in [6.07, 6.45) is 5.63. The van der Waals surface area contributed by atoms with Gasteiger partial charge in [-0.25, -0.2) is 4.39 Å². The number of nitrogens with zero attached hydrogens (tertiary/aromatic N) is 5. The molecule has 7 nitrogen and oxygen atoms in total. The average Bonchev–Trinajstić information content (AvgIpc) is 3.39. The summed E-state index contributed by atoms with van der Waals surface area (Å²) in [7, 11) is 0. The average molecular weight is 524 g/mol. The molecule has 2 heterocycles. The number of halogens is 1. The van der Waals surface area contributed by atoms with Gasteiger partial charge in [-0.1, -0.05) is 20.8 Å². The van der Waals surface area contributed by atoms with Crippen molar-refractivity contribution in [3.8, 4) is 0 Å². The van der Waals surface area contributed by atoms with E-state index >= 15 is 0 Å². The van der Waals surface area contributed by atoms with E-state index in [0.29, 0.717) is 17.8 Å². The predicted molar refractivity (Wildman–Crippen MR) is 147 cm³/mol. The number of benzene rings is 1. The van der Waals surface area contributed by atoms with Crippen LogP contribution in [0.25, 0.3) is 0 Å². The summed E-state index contributed by atoms with van der Waals surface area (Å²) >= 11 is 0. The van der Waals surface area contributed by atoms with Crippen LogP contribution in [0.15, 0.2) is 12.1 Å². The Morgan fingerprint density at radius 1 is 1.11 bits per heavy atom. The van der Waals surface area contributed by atoms with Crippen molar-refractivity contribution in [3.05, 3.63) is 46.0 Å². The van der Waals surface area contributed by atoms with E-state index in [-0.39, 0.29) is 35.6 Å². The van der Waals surface area contributed by atoms with Gasteiger partial charge < -0.3 is 14.7 Å². The molecule has 1 aromatic heterocycles. The van der Waals surface area contributed by atoms with Gasteiger partial charge in [0, 0.05) is 49.7 Å². The molecule has 38 heavy (non-hydrogen) atoms. The van der Waals surface area contributed by atoms with E-state index in [9.17, 15) is 14.0 Å². The SMILES string of the molecule is CCCN(CCC)C(=O)c1nn(CC(=O)N2CCN(c3ccc(F)c(C)c3C)CC23CC3)c2c1[C@@H](C)CC2. The maximum Gasteiger partial charge on any atom is 0.274 e. The summed E-state index contributed by atoms with van der Waals surface area (Å²) in [5.41, 5.74) is 5.22. The minimum absolute atomic E-state index is 0.00198. The summed E-state index contributed by atoms with van der Waals surface area (Å²) in [4.78, 5) is 33.5. The van der Waals surface area contributed by atoms with Crippen molar-refractivity contribution in [3.63, 3.8) is 0 Å². The van der Waals surface area contributed by atoms with Crippen molar-refractivity contribution < 1.29 is 14.0 Å². The minimum Gasteiger partial charge on any atom is -0.367 e. The van der Waals surface area contributed by atoms with Crippen molar-refractivity contribution in [2.24, 2.45) is 0 Å². The van der Waals surface area contributed by atoms with Gasteiger partial charge in [0.15, 0.2) is 5.69 Å². The van der Waals surface area contributed by atoms with Gasteiger partial charge in [0.25, 0.3) is 5.91 Å². The molecule has 0 bridgehead atoms. The number of aromatic nitrogens is 2. The number of anilines is 1. The molecule has 1 saturated carbocycles. The number of rotatable bonds is 8. The van der Waals surface area contributed by atoms with Gasteiger partial charge in [0.2, 0.25) is 5.91 Å². The van der Waals surface area contributed by atoms with Crippen LogP contribution < -0.4 is 4.90 Å². The molecule has 2 aliphatic carbocycles. The third-order valence-corrected chi connectivity index (χ3v) is 8.98. The lowest BCUT2D eigenvalue weighted by atomic mass is 10.0. The number of piperazine rings is 1. The molecular weight excluding hydrogens is 481 g/mol. The molecular formula is C30H42FN5O2. The molecule has 8 heteroatoms. The standard InChI is InChI=1S/C30H42FN5O2/c1-6-14-33(15-7-2)29(38)28-27-20(3)8-10-25(27)36(32-28)18-26(37)35-17-16-34(19-30(35)12-13-30)24-11-9-23(31)21(4)22(24)5/h9,11,20H,6-8,10,12-19H2,1-5H3/t20-/m0/s1. The molecule has 0 N–H and O–H groups in total. The Morgan fingerprint density at radius 3 is 2.47 bits per heavy atom. The molecule has 2 fully saturated rings. The Morgan fingerprint density at radius 2 is 1.82 bits per heavy atom. The summed E-state index contributed by atoms with van der Waals surface area (Å²) in [6, 6.07) is 3.42.